The third-order valence-electron chi connectivity index (χ3n) is 2.75. The molecule has 6 heteroatoms. The number of rotatable bonds is 3. The Bertz CT molecular complexity index is 476. The van der Waals surface area contributed by atoms with Crippen LogP contribution in [0.3, 0.4) is 0 Å². The predicted octanol–water partition coefficient (Wildman–Crippen LogP) is 1.86. The molecule has 0 spiro atoms. The molecular formula is C11H11FN2O3. The summed E-state index contributed by atoms with van der Waals surface area (Å²) in [6.07, 6.45) is 1.34. The fourth-order valence-corrected chi connectivity index (χ4v) is 1.89. The number of nitro benzene ring substituents is 1. The SMILES string of the molecule is O=C1CCCN1Cc1ccc([N+](=O)[O-])c(F)c1. The van der Waals surface area contributed by atoms with Gasteiger partial charge in [-0.15, -0.1) is 0 Å². The van der Waals surface area contributed by atoms with E-state index in [4.69, 9.17) is 0 Å². The molecule has 1 aliphatic heterocycles. The number of amides is 1. The lowest BCUT2D eigenvalue weighted by Crippen LogP contribution is -2.23. The normalized spacial score (nSPS) is 15.4. The average Bonchev–Trinajstić information content (AvgIpc) is 2.64. The molecule has 0 saturated carbocycles. The van der Waals surface area contributed by atoms with Gasteiger partial charge in [-0.05, 0) is 18.1 Å². The van der Waals surface area contributed by atoms with E-state index in [0.717, 1.165) is 18.6 Å². The molecule has 1 heterocycles. The van der Waals surface area contributed by atoms with Crippen LogP contribution in [-0.2, 0) is 11.3 Å². The first-order valence-corrected chi connectivity index (χ1v) is 5.28. The van der Waals surface area contributed by atoms with Gasteiger partial charge in [0.05, 0.1) is 4.92 Å². The van der Waals surface area contributed by atoms with E-state index in [9.17, 15) is 19.3 Å². The minimum Gasteiger partial charge on any atom is -0.338 e. The van der Waals surface area contributed by atoms with E-state index < -0.39 is 16.4 Å². The van der Waals surface area contributed by atoms with Crippen LogP contribution in [0.5, 0.6) is 0 Å². The van der Waals surface area contributed by atoms with Crippen LogP contribution in [0.15, 0.2) is 18.2 Å². The molecule has 0 N–H and O–H groups in total. The van der Waals surface area contributed by atoms with Gasteiger partial charge in [-0.3, -0.25) is 14.9 Å². The van der Waals surface area contributed by atoms with E-state index in [2.05, 4.69) is 0 Å². The van der Waals surface area contributed by atoms with Gasteiger partial charge in [0.25, 0.3) is 0 Å². The van der Waals surface area contributed by atoms with Gasteiger partial charge in [0.2, 0.25) is 11.7 Å². The van der Waals surface area contributed by atoms with Gasteiger partial charge in [-0.2, -0.15) is 4.39 Å². The Kier molecular flexibility index (Phi) is 3.03. The zero-order chi connectivity index (χ0) is 12.4. The minimum atomic E-state index is -0.862. The minimum absolute atomic E-state index is 0.0451. The highest BCUT2D eigenvalue weighted by molar-refractivity contribution is 5.78. The summed E-state index contributed by atoms with van der Waals surface area (Å²) in [5, 5.41) is 10.4. The quantitative estimate of drug-likeness (QED) is 0.596. The van der Waals surface area contributed by atoms with Crippen LogP contribution in [0.25, 0.3) is 0 Å². The Morgan fingerprint density at radius 3 is 2.76 bits per heavy atom. The number of halogens is 1. The number of nitrogens with zero attached hydrogens (tertiary/aromatic N) is 2. The fourth-order valence-electron chi connectivity index (χ4n) is 1.89. The number of benzene rings is 1. The van der Waals surface area contributed by atoms with Crippen LogP contribution in [0.2, 0.25) is 0 Å². The summed E-state index contributed by atoms with van der Waals surface area (Å²) in [4.78, 5) is 22.7. The van der Waals surface area contributed by atoms with Crippen molar-refractivity contribution in [2.75, 3.05) is 6.54 Å². The first-order valence-electron chi connectivity index (χ1n) is 5.28. The van der Waals surface area contributed by atoms with Gasteiger partial charge >= 0.3 is 5.69 Å². The zero-order valence-corrected chi connectivity index (χ0v) is 9.06. The topological polar surface area (TPSA) is 63.5 Å². The van der Waals surface area contributed by atoms with Gasteiger partial charge in [-0.1, -0.05) is 6.07 Å². The second-order valence-corrected chi connectivity index (χ2v) is 3.96. The van der Waals surface area contributed by atoms with Crippen molar-refractivity contribution < 1.29 is 14.1 Å². The summed E-state index contributed by atoms with van der Waals surface area (Å²) in [6.45, 7) is 0.977. The van der Waals surface area contributed by atoms with Crippen LogP contribution in [0, 0.1) is 15.9 Å². The lowest BCUT2D eigenvalue weighted by atomic mass is 10.2. The Balaban J connectivity index is 2.15. The van der Waals surface area contributed by atoms with Crippen LogP contribution in [0.1, 0.15) is 18.4 Å². The predicted molar refractivity (Wildman–Crippen MR) is 57.7 cm³/mol. The highest BCUT2D eigenvalue weighted by Gasteiger charge is 2.21. The summed E-state index contributed by atoms with van der Waals surface area (Å²) >= 11 is 0. The molecular weight excluding hydrogens is 227 g/mol. The van der Waals surface area contributed by atoms with Gasteiger partial charge < -0.3 is 4.90 Å². The number of nitro groups is 1. The number of likely N-dealkylation sites (tertiary alicyclic amines) is 1. The number of hydrogen-bond acceptors (Lipinski definition) is 3. The maximum atomic E-state index is 13.3. The van der Waals surface area contributed by atoms with E-state index in [-0.39, 0.29) is 5.91 Å². The second kappa shape index (κ2) is 4.48. The molecule has 1 fully saturated rings. The Morgan fingerprint density at radius 2 is 2.24 bits per heavy atom. The highest BCUT2D eigenvalue weighted by atomic mass is 19.1. The molecule has 0 bridgehead atoms. The van der Waals surface area contributed by atoms with Crippen molar-refractivity contribution in [1.82, 2.24) is 4.90 Å². The van der Waals surface area contributed by atoms with Crippen molar-refractivity contribution in [3.05, 3.63) is 39.7 Å². The molecule has 1 aromatic carbocycles. The van der Waals surface area contributed by atoms with E-state index in [0.29, 0.717) is 25.1 Å². The molecule has 90 valence electrons. The summed E-state index contributed by atoms with van der Waals surface area (Å²) in [5.74, 6) is -0.817. The Hall–Kier alpha value is -1.98. The van der Waals surface area contributed by atoms with Gasteiger partial charge in [0, 0.05) is 25.6 Å². The van der Waals surface area contributed by atoms with E-state index in [1.807, 2.05) is 0 Å². The number of carbonyl (C=O) groups excluding carboxylic acids is 1. The monoisotopic (exact) mass is 238 g/mol. The molecule has 0 aliphatic carbocycles. The van der Waals surface area contributed by atoms with Crippen molar-refractivity contribution in [2.24, 2.45) is 0 Å². The molecule has 0 unspecified atom stereocenters. The fraction of sp³-hybridized carbons (Fsp3) is 0.364. The van der Waals surface area contributed by atoms with Crippen molar-refractivity contribution in [3.63, 3.8) is 0 Å². The standard InChI is InChI=1S/C11H11FN2O3/c12-9-6-8(3-4-10(9)14(16)17)7-13-5-1-2-11(13)15/h3-4,6H,1-2,5,7H2. The number of carbonyl (C=O) groups is 1. The Labute approximate surface area is 97.0 Å². The molecule has 5 nitrogen and oxygen atoms in total. The van der Waals surface area contributed by atoms with E-state index >= 15 is 0 Å². The lowest BCUT2D eigenvalue weighted by Gasteiger charge is -2.15. The molecule has 0 radical (unpaired) electrons. The molecule has 0 atom stereocenters. The first-order chi connectivity index (χ1) is 8.08. The van der Waals surface area contributed by atoms with Crippen LogP contribution < -0.4 is 0 Å². The first kappa shape index (κ1) is 11.5. The highest BCUT2D eigenvalue weighted by Crippen LogP contribution is 2.20. The van der Waals surface area contributed by atoms with Gasteiger partial charge in [0.1, 0.15) is 0 Å². The summed E-state index contributed by atoms with van der Waals surface area (Å²) in [7, 11) is 0. The second-order valence-electron chi connectivity index (χ2n) is 3.96. The van der Waals surface area contributed by atoms with Crippen molar-refractivity contribution in [1.29, 1.82) is 0 Å². The molecule has 1 saturated heterocycles. The average molecular weight is 238 g/mol. The van der Waals surface area contributed by atoms with Gasteiger partial charge in [-0.25, -0.2) is 0 Å². The molecule has 2 rings (SSSR count). The number of hydrogen-bond donors (Lipinski definition) is 0. The van der Waals surface area contributed by atoms with Crippen LogP contribution in [0.4, 0.5) is 10.1 Å². The lowest BCUT2D eigenvalue weighted by molar-refractivity contribution is -0.387. The summed E-state index contributed by atoms with van der Waals surface area (Å²) in [6, 6.07) is 3.72. The zero-order valence-electron chi connectivity index (χ0n) is 9.06. The molecule has 1 aromatic rings. The Morgan fingerprint density at radius 1 is 1.47 bits per heavy atom. The largest absolute Gasteiger partial charge is 0.338 e. The molecule has 1 amide bonds. The van der Waals surface area contributed by atoms with Crippen molar-refractivity contribution >= 4 is 11.6 Å². The van der Waals surface area contributed by atoms with E-state index in [1.165, 1.54) is 6.07 Å². The molecule has 17 heavy (non-hydrogen) atoms. The van der Waals surface area contributed by atoms with Crippen LogP contribution in [-0.4, -0.2) is 22.3 Å². The smallest absolute Gasteiger partial charge is 0.304 e. The van der Waals surface area contributed by atoms with Crippen molar-refractivity contribution in [2.45, 2.75) is 19.4 Å². The van der Waals surface area contributed by atoms with E-state index in [1.54, 1.807) is 4.90 Å². The third-order valence-corrected chi connectivity index (χ3v) is 2.75. The van der Waals surface area contributed by atoms with Crippen molar-refractivity contribution in [3.8, 4) is 0 Å². The van der Waals surface area contributed by atoms with Gasteiger partial charge in [0.15, 0.2) is 0 Å². The summed E-state index contributed by atoms with van der Waals surface area (Å²) < 4.78 is 13.3. The molecule has 1 aliphatic rings. The van der Waals surface area contributed by atoms with Crippen LogP contribution >= 0.6 is 0 Å². The maximum Gasteiger partial charge on any atom is 0.304 e. The third kappa shape index (κ3) is 2.41. The summed E-state index contributed by atoms with van der Waals surface area (Å²) in [5.41, 5.74) is 0.0323. The maximum absolute atomic E-state index is 13.3. The molecule has 0 aromatic heterocycles.